The van der Waals surface area contributed by atoms with Gasteiger partial charge < -0.3 is 14.6 Å². The van der Waals surface area contributed by atoms with Crippen molar-refractivity contribution in [2.75, 3.05) is 13.2 Å². The lowest BCUT2D eigenvalue weighted by Gasteiger charge is -2.15. The fourth-order valence-corrected chi connectivity index (χ4v) is 3.12. The highest BCUT2D eigenvalue weighted by Crippen LogP contribution is 2.23. The van der Waals surface area contributed by atoms with E-state index in [4.69, 9.17) is 4.74 Å². The van der Waals surface area contributed by atoms with Crippen LogP contribution in [0.3, 0.4) is 0 Å². The number of rotatable bonds is 5. The molecule has 1 atom stereocenters. The van der Waals surface area contributed by atoms with Crippen LogP contribution in [-0.4, -0.2) is 28.8 Å². The molecule has 3 rings (SSSR count). The lowest BCUT2D eigenvalue weighted by atomic mass is 10.2. The molecule has 0 amide bonds. The van der Waals surface area contributed by atoms with E-state index in [0.29, 0.717) is 12.1 Å². The van der Waals surface area contributed by atoms with Gasteiger partial charge in [0.2, 0.25) is 0 Å². The average molecular weight is 249 g/mol. The van der Waals surface area contributed by atoms with Crippen molar-refractivity contribution in [3.63, 3.8) is 0 Å². The van der Waals surface area contributed by atoms with Crippen LogP contribution in [0, 0.1) is 0 Å². The summed E-state index contributed by atoms with van der Waals surface area (Å²) in [5.74, 6) is 0. The molecule has 1 aliphatic heterocycles. The molecule has 1 aliphatic carbocycles. The van der Waals surface area contributed by atoms with Gasteiger partial charge in [-0.3, -0.25) is 0 Å². The summed E-state index contributed by atoms with van der Waals surface area (Å²) in [7, 11) is 0. The molecule has 1 unspecified atom stereocenters. The maximum Gasteiger partial charge on any atom is 0.0949 e. The molecule has 1 aromatic heterocycles. The molecule has 18 heavy (non-hydrogen) atoms. The van der Waals surface area contributed by atoms with Crippen LogP contribution in [0.25, 0.3) is 0 Å². The van der Waals surface area contributed by atoms with Crippen molar-refractivity contribution in [1.82, 2.24) is 14.9 Å². The van der Waals surface area contributed by atoms with Gasteiger partial charge in [-0.25, -0.2) is 4.98 Å². The lowest BCUT2D eigenvalue weighted by molar-refractivity contribution is 0.0525. The molecular formula is C14H23N3O. The van der Waals surface area contributed by atoms with Crippen LogP contribution in [0.1, 0.15) is 50.3 Å². The average Bonchev–Trinajstić information content (AvgIpc) is 3.12. The first-order valence-electron chi connectivity index (χ1n) is 7.28. The van der Waals surface area contributed by atoms with Crippen molar-refractivity contribution in [3.05, 3.63) is 18.2 Å². The van der Waals surface area contributed by atoms with E-state index in [1.807, 2.05) is 12.5 Å². The van der Waals surface area contributed by atoms with Crippen LogP contribution in [-0.2, 0) is 11.3 Å². The van der Waals surface area contributed by atoms with Gasteiger partial charge >= 0.3 is 0 Å². The second-order valence-corrected chi connectivity index (χ2v) is 5.44. The minimum absolute atomic E-state index is 0.499. The quantitative estimate of drug-likeness (QED) is 0.870. The summed E-state index contributed by atoms with van der Waals surface area (Å²) in [6.45, 7) is 2.89. The fourth-order valence-electron chi connectivity index (χ4n) is 3.12. The van der Waals surface area contributed by atoms with Gasteiger partial charge in [0.15, 0.2) is 0 Å². The predicted octanol–water partition coefficient (Wildman–Crippen LogP) is 2.27. The highest BCUT2D eigenvalue weighted by atomic mass is 16.5. The van der Waals surface area contributed by atoms with E-state index in [1.165, 1.54) is 44.2 Å². The molecule has 0 aromatic carbocycles. The summed E-state index contributed by atoms with van der Waals surface area (Å²) >= 11 is 0. The van der Waals surface area contributed by atoms with E-state index in [1.54, 1.807) is 0 Å². The Morgan fingerprint density at radius 2 is 2.17 bits per heavy atom. The lowest BCUT2D eigenvalue weighted by Crippen LogP contribution is -2.19. The number of ether oxygens (including phenoxy) is 1. The molecule has 2 aliphatic rings. The highest BCUT2D eigenvalue weighted by molar-refractivity contribution is 5.07. The van der Waals surface area contributed by atoms with E-state index < -0.39 is 0 Å². The van der Waals surface area contributed by atoms with Crippen molar-refractivity contribution in [2.45, 2.75) is 57.2 Å². The largest absolute Gasteiger partial charge is 0.376 e. The molecule has 1 aromatic rings. The minimum atomic E-state index is 0.499. The number of hydrogen-bond donors (Lipinski definition) is 1. The molecule has 2 fully saturated rings. The molecule has 1 N–H and O–H groups in total. The number of imidazole rings is 1. The molecule has 4 nitrogen and oxygen atoms in total. The topological polar surface area (TPSA) is 39.1 Å². The first kappa shape index (κ1) is 12.2. The SMILES string of the molecule is c1ncn(CCOC2CCCC2)c1C1CCCN1. The first-order valence-corrected chi connectivity index (χ1v) is 7.28. The summed E-state index contributed by atoms with van der Waals surface area (Å²) in [5, 5.41) is 3.53. The number of nitrogens with one attached hydrogen (secondary N) is 1. The highest BCUT2D eigenvalue weighted by Gasteiger charge is 2.20. The molecule has 1 saturated heterocycles. The second-order valence-electron chi connectivity index (χ2n) is 5.44. The summed E-state index contributed by atoms with van der Waals surface area (Å²) in [5.41, 5.74) is 1.32. The summed E-state index contributed by atoms with van der Waals surface area (Å²) < 4.78 is 8.17. The van der Waals surface area contributed by atoms with Crippen LogP contribution in [0.5, 0.6) is 0 Å². The van der Waals surface area contributed by atoms with Crippen LogP contribution in [0.4, 0.5) is 0 Å². The maximum atomic E-state index is 5.92. The standard InChI is InChI=1S/C14H23N3O/c1-2-5-12(4-1)18-9-8-17-11-15-10-14(17)13-6-3-7-16-13/h10-13,16H,1-9H2. The van der Waals surface area contributed by atoms with Crippen molar-refractivity contribution in [3.8, 4) is 0 Å². The van der Waals surface area contributed by atoms with Crippen molar-refractivity contribution < 1.29 is 4.74 Å². The maximum absolute atomic E-state index is 5.92. The van der Waals surface area contributed by atoms with E-state index in [0.717, 1.165) is 19.7 Å². The molecule has 2 heterocycles. The van der Waals surface area contributed by atoms with E-state index >= 15 is 0 Å². The Labute approximate surface area is 109 Å². The molecule has 100 valence electrons. The Balaban J connectivity index is 1.51. The van der Waals surface area contributed by atoms with Crippen molar-refractivity contribution in [2.24, 2.45) is 0 Å². The zero-order valence-corrected chi connectivity index (χ0v) is 11.0. The Bertz CT molecular complexity index is 365. The Morgan fingerprint density at radius 1 is 1.28 bits per heavy atom. The smallest absolute Gasteiger partial charge is 0.0949 e. The molecule has 1 saturated carbocycles. The van der Waals surface area contributed by atoms with Crippen LogP contribution in [0.15, 0.2) is 12.5 Å². The normalized spacial score (nSPS) is 25.0. The van der Waals surface area contributed by atoms with Gasteiger partial charge in [-0.05, 0) is 32.2 Å². The van der Waals surface area contributed by atoms with Crippen LogP contribution >= 0.6 is 0 Å². The zero-order valence-electron chi connectivity index (χ0n) is 11.0. The van der Waals surface area contributed by atoms with Gasteiger partial charge in [0.05, 0.1) is 24.7 Å². The van der Waals surface area contributed by atoms with Gasteiger partial charge in [-0.2, -0.15) is 0 Å². The van der Waals surface area contributed by atoms with Gasteiger partial charge in [-0.1, -0.05) is 12.8 Å². The molecule has 0 radical (unpaired) electrons. The zero-order chi connectivity index (χ0) is 12.2. The third-order valence-corrected chi connectivity index (χ3v) is 4.15. The van der Waals surface area contributed by atoms with E-state index in [2.05, 4.69) is 14.9 Å². The summed E-state index contributed by atoms with van der Waals surface area (Å²) in [4.78, 5) is 4.28. The third kappa shape index (κ3) is 2.75. The number of nitrogens with zero attached hydrogens (tertiary/aromatic N) is 2. The van der Waals surface area contributed by atoms with E-state index in [9.17, 15) is 0 Å². The molecule has 0 bridgehead atoms. The van der Waals surface area contributed by atoms with Crippen LogP contribution < -0.4 is 5.32 Å². The van der Waals surface area contributed by atoms with E-state index in [-0.39, 0.29) is 0 Å². The predicted molar refractivity (Wildman–Crippen MR) is 70.4 cm³/mol. The first-order chi connectivity index (χ1) is 8.93. The number of aromatic nitrogens is 2. The Hall–Kier alpha value is -0.870. The van der Waals surface area contributed by atoms with Gasteiger partial charge in [0.25, 0.3) is 0 Å². The summed E-state index contributed by atoms with van der Waals surface area (Å²) in [6, 6.07) is 0.499. The van der Waals surface area contributed by atoms with Gasteiger partial charge in [0, 0.05) is 18.8 Å². The monoisotopic (exact) mass is 249 g/mol. The Morgan fingerprint density at radius 3 is 2.94 bits per heavy atom. The fraction of sp³-hybridized carbons (Fsp3) is 0.786. The van der Waals surface area contributed by atoms with Gasteiger partial charge in [-0.15, -0.1) is 0 Å². The van der Waals surface area contributed by atoms with Crippen molar-refractivity contribution >= 4 is 0 Å². The number of hydrogen-bond acceptors (Lipinski definition) is 3. The molecule has 4 heteroatoms. The van der Waals surface area contributed by atoms with Crippen molar-refractivity contribution in [1.29, 1.82) is 0 Å². The molecule has 0 spiro atoms. The third-order valence-electron chi connectivity index (χ3n) is 4.15. The second kappa shape index (κ2) is 5.85. The van der Waals surface area contributed by atoms with Crippen LogP contribution in [0.2, 0.25) is 0 Å². The Kier molecular flexibility index (Phi) is 3.96. The van der Waals surface area contributed by atoms with Gasteiger partial charge in [0.1, 0.15) is 0 Å². The molecular weight excluding hydrogens is 226 g/mol. The summed E-state index contributed by atoms with van der Waals surface area (Å²) in [6.07, 6.45) is 12.1. The minimum Gasteiger partial charge on any atom is -0.376 e.